The van der Waals surface area contributed by atoms with E-state index in [2.05, 4.69) is 62.1 Å². The average molecular weight is 372 g/mol. The number of thiophene rings is 1. The van der Waals surface area contributed by atoms with Crippen LogP contribution in [-0.2, 0) is 13.0 Å². The molecule has 0 saturated carbocycles. The van der Waals surface area contributed by atoms with Crippen LogP contribution in [0.15, 0.2) is 40.8 Å². The van der Waals surface area contributed by atoms with Gasteiger partial charge < -0.3 is 15.5 Å². The Kier molecular flexibility index (Phi) is 6.89. The summed E-state index contributed by atoms with van der Waals surface area (Å²) in [4.78, 5) is 12.7. The van der Waals surface area contributed by atoms with E-state index in [1.54, 1.807) is 0 Å². The highest BCUT2D eigenvalue weighted by Gasteiger charge is 2.13. The van der Waals surface area contributed by atoms with Gasteiger partial charge in [-0.1, -0.05) is 13.0 Å². The summed E-state index contributed by atoms with van der Waals surface area (Å²) < 4.78 is 0. The van der Waals surface area contributed by atoms with Gasteiger partial charge in [-0.3, -0.25) is 4.99 Å². The van der Waals surface area contributed by atoms with Crippen LogP contribution in [0.2, 0.25) is 0 Å². The van der Waals surface area contributed by atoms with E-state index in [0.29, 0.717) is 5.92 Å². The summed E-state index contributed by atoms with van der Waals surface area (Å²) in [6, 6.07) is 8.58. The minimum Gasteiger partial charge on any atom is -0.357 e. The summed E-state index contributed by atoms with van der Waals surface area (Å²) in [5.74, 6) is 2.51. The first-order chi connectivity index (χ1) is 12.7. The smallest absolute Gasteiger partial charge is 0.191 e. The topological polar surface area (TPSA) is 52.6 Å². The number of hydrogen-bond acceptors (Lipinski definition) is 4. The minimum absolute atomic E-state index is 0.565. The van der Waals surface area contributed by atoms with Crippen molar-refractivity contribution in [2.45, 2.75) is 32.7 Å². The minimum atomic E-state index is 0.565. The third kappa shape index (κ3) is 5.46. The zero-order chi connectivity index (χ0) is 18.2. The quantitative estimate of drug-likeness (QED) is 0.579. The number of nitrogens with one attached hydrogen (secondary N) is 2. The van der Waals surface area contributed by atoms with Crippen molar-refractivity contribution in [3.8, 4) is 0 Å². The molecule has 0 aromatic carbocycles. The van der Waals surface area contributed by atoms with Crippen molar-refractivity contribution in [2.75, 3.05) is 31.6 Å². The molecule has 1 fully saturated rings. The second kappa shape index (κ2) is 9.57. The molecule has 1 unspecified atom stereocenters. The van der Waals surface area contributed by atoms with Gasteiger partial charge in [0.15, 0.2) is 5.96 Å². The number of rotatable bonds is 7. The number of nitrogens with zero attached hydrogens (tertiary/aromatic N) is 3. The zero-order valence-electron chi connectivity index (χ0n) is 15.7. The molecule has 26 heavy (non-hydrogen) atoms. The highest BCUT2D eigenvalue weighted by Crippen LogP contribution is 2.18. The van der Waals surface area contributed by atoms with Crippen molar-refractivity contribution in [1.29, 1.82) is 0 Å². The highest BCUT2D eigenvalue weighted by molar-refractivity contribution is 7.09. The number of aromatic nitrogens is 1. The second-order valence-corrected chi connectivity index (χ2v) is 7.94. The molecule has 6 heteroatoms. The normalized spacial score (nSPS) is 15.9. The van der Waals surface area contributed by atoms with Gasteiger partial charge in [0.1, 0.15) is 5.82 Å². The van der Waals surface area contributed by atoms with Gasteiger partial charge in [0.05, 0.1) is 0 Å². The summed E-state index contributed by atoms with van der Waals surface area (Å²) in [6.07, 6.45) is 5.55. The van der Waals surface area contributed by atoms with Crippen molar-refractivity contribution < 1.29 is 0 Å². The Labute approximate surface area is 160 Å². The van der Waals surface area contributed by atoms with Crippen LogP contribution in [0.3, 0.4) is 0 Å². The molecule has 2 aromatic rings. The van der Waals surface area contributed by atoms with Crippen molar-refractivity contribution in [3.05, 3.63) is 46.3 Å². The summed E-state index contributed by atoms with van der Waals surface area (Å²) in [5, 5.41) is 8.99. The first-order valence-corrected chi connectivity index (χ1v) is 10.3. The second-order valence-electron chi connectivity index (χ2n) is 6.91. The monoisotopic (exact) mass is 371 g/mol. The summed E-state index contributed by atoms with van der Waals surface area (Å²) in [6.45, 7) is 6.17. The predicted octanol–water partition coefficient (Wildman–Crippen LogP) is 3.29. The first-order valence-electron chi connectivity index (χ1n) is 9.41. The molecule has 0 amide bonds. The van der Waals surface area contributed by atoms with Crippen molar-refractivity contribution in [3.63, 3.8) is 0 Å². The fraction of sp³-hybridized carbons (Fsp3) is 0.500. The molecule has 2 N–H and O–H groups in total. The summed E-state index contributed by atoms with van der Waals surface area (Å²) >= 11 is 1.83. The maximum Gasteiger partial charge on any atom is 0.191 e. The summed E-state index contributed by atoms with van der Waals surface area (Å²) in [5.41, 5.74) is 1.23. The van der Waals surface area contributed by atoms with Gasteiger partial charge in [-0.2, -0.15) is 0 Å². The van der Waals surface area contributed by atoms with Crippen LogP contribution in [0.25, 0.3) is 0 Å². The molecule has 5 nitrogen and oxygen atoms in total. The van der Waals surface area contributed by atoms with Crippen LogP contribution in [0.1, 0.15) is 30.2 Å². The number of pyridine rings is 1. The standard InChI is InChI=1S/C20H29N5S/c1-16(12-18-6-5-11-26-18)14-23-20(21-2)24-15-17-7-8-22-19(13-17)25-9-3-4-10-25/h5-8,11,13,16H,3-4,9-10,12,14-15H2,1-2H3,(H2,21,23,24). The lowest BCUT2D eigenvalue weighted by molar-refractivity contribution is 0.562. The zero-order valence-corrected chi connectivity index (χ0v) is 16.6. The van der Waals surface area contributed by atoms with Crippen LogP contribution >= 0.6 is 11.3 Å². The molecule has 1 aliphatic heterocycles. The number of aliphatic imine (C=N–C) groups is 1. The molecule has 3 heterocycles. The Morgan fingerprint density at radius 3 is 2.88 bits per heavy atom. The van der Waals surface area contributed by atoms with E-state index in [1.165, 1.54) is 23.3 Å². The molecule has 1 aliphatic rings. The van der Waals surface area contributed by atoms with Crippen LogP contribution in [-0.4, -0.2) is 37.6 Å². The third-order valence-corrected chi connectivity index (χ3v) is 5.57. The highest BCUT2D eigenvalue weighted by atomic mass is 32.1. The maximum absolute atomic E-state index is 4.52. The van der Waals surface area contributed by atoms with Gasteiger partial charge in [0, 0.05) is 44.3 Å². The number of guanidine groups is 1. The fourth-order valence-corrected chi connectivity index (χ4v) is 4.08. The Morgan fingerprint density at radius 1 is 1.31 bits per heavy atom. The summed E-state index contributed by atoms with van der Waals surface area (Å²) in [7, 11) is 1.82. The average Bonchev–Trinajstić information content (AvgIpc) is 3.36. The van der Waals surface area contributed by atoms with E-state index in [-0.39, 0.29) is 0 Å². The van der Waals surface area contributed by atoms with E-state index in [1.807, 2.05) is 24.6 Å². The third-order valence-electron chi connectivity index (χ3n) is 4.67. The molecular weight excluding hydrogens is 342 g/mol. The van der Waals surface area contributed by atoms with Gasteiger partial charge in [0.25, 0.3) is 0 Å². The van der Waals surface area contributed by atoms with Crippen LogP contribution in [0, 0.1) is 5.92 Å². The Bertz CT molecular complexity index is 692. The largest absolute Gasteiger partial charge is 0.357 e. The van der Waals surface area contributed by atoms with Gasteiger partial charge in [0.2, 0.25) is 0 Å². The maximum atomic E-state index is 4.52. The molecule has 0 bridgehead atoms. The molecule has 1 atom stereocenters. The molecule has 2 aromatic heterocycles. The molecular formula is C20H29N5S. The SMILES string of the molecule is CN=C(NCc1ccnc(N2CCCC2)c1)NCC(C)Cc1cccs1. The van der Waals surface area contributed by atoms with Crippen LogP contribution < -0.4 is 15.5 Å². The van der Waals surface area contributed by atoms with E-state index in [9.17, 15) is 0 Å². The van der Waals surface area contributed by atoms with Crippen LogP contribution in [0.5, 0.6) is 0 Å². The lowest BCUT2D eigenvalue weighted by atomic mass is 10.1. The molecule has 0 aliphatic carbocycles. The lowest BCUT2D eigenvalue weighted by Crippen LogP contribution is -2.39. The first kappa shape index (κ1) is 18.7. The van der Waals surface area contributed by atoms with Gasteiger partial charge in [-0.05, 0) is 54.3 Å². The Hall–Kier alpha value is -2.08. The number of anilines is 1. The van der Waals surface area contributed by atoms with Crippen molar-refractivity contribution >= 4 is 23.1 Å². The molecule has 0 radical (unpaired) electrons. The molecule has 1 saturated heterocycles. The van der Waals surface area contributed by atoms with E-state index >= 15 is 0 Å². The van der Waals surface area contributed by atoms with Crippen LogP contribution in [0.4, 0.5) is 5.82 Å². The van der Waals surface area contributed by atoms with Gasteiger partial charge >= 0.3 is 0 Å². The molecule has 140 valence electrons. The van der Waals surface area contributed by atoms with Crippen molar-refractivity contribution in [2.24, 2.45) is 10.9 Å². The fourth-order valence-electron chi connectivity index (χ4n) is 3.21. The van der Waals surface area contributed by atoms with Gasteiger partial charge in [-0.15, -0.1) is 11.3 Å². The van der Waals surface area contributed by atoms with E-state index < -0.39 is 0 Å². The predicted molar refractivity (Wildman–Crippen MR) is 111 cm³/mol. The molecule has 3 rings (SSSR count). The number of hydrogen-bond donors (Lipinski definition) is 2. The van der Waals surface area contributed by atoms with Crippen molar-refractivity contribution in [1.82, 2.24) is 15.6 Å². The van der Waals surface area contributed by atoms with E-state index in [0.717, 1.165) is 44.4 Å². The van der Waals surface area contributed by atoms with Gasteiger partial charge in [-0.25, -0.2) is 4.98 Å². The van der Waals surface area contributed by atoms with E-state index in [4.69, 9.17) is 0 Å². The molecule has 0 spiro atoms. The Morgan fingerprint density at radius 2 is 2.15 bits per heavy atom. The Balaban J connectivity index is 1.45. The lowest BCUT2D eigenvalue weighted by Gasteiger charge is -2.18.